The van der Waals surface area contributed by atoms with Crippen LogP contribution in [-0.4, -0.2) is 9.55 Å². The molecule has 0 fully saturated rings. The predicted molar refractivity (Wildman–Crippen MR) is 221 cm³/mol. The van der Waals surface area contributed by atoms with E-state index in [1.54, 1.807) is 0 Å². The van der Waals surface area contributed by atoms with Gasteiger partial charge in [0.2, 0.25) is 0 Å². The van der Waals surface area contributed by atoms with Crippen molar-refractivity contribution < 1.29 is 0 Å². The lowest BCUT2D eigenvalue weighted by Gasteiger charge is -2.30. The second-order valence-corrected chi connectivity index (χ2v) is 16.2. The van der Waals surface area contributed by atoms with Crippen molar-refractivity contribution in [1.29, 1.82) is 0 Å². The molecule has 4 heterocycles. The Morgan fingerprint density at radius 3 is 1.83 bits per heavy atom. The summed E-state index contributed by atoms with van der Waals surface area (Å²) in [7, 11) is 0. The van der Waals surface area contributed by atoms with E-state index in [0.717, 1.165) is 4.83 Å². The van der Waals surface area contributed by atoms with Gasteiger partial charge in [-0.1, -0.05) is 115 Å². The van der Waals surface area contributed by atoms with Gasteiger partial charge in [-0.25, -0.2) is 4.98 Å². The summed E-state index contributed by atoms with van der Waals surface area (Å²) in [5.41, 5.74) is 14.1. The molecule has 11 aromatic rings. The van der Waals surface area contributed by atoms with Gasteiger partial charge in [-0.05, 0) is 80.9 Å². The smallest absolute Gasteiger partial charge is 0.124 e. The standard InChI is InChI=1S/C48H26N2S2/c1-6-18-35-28(12-1)29-13-2-7-19-36(29)48(35)37-20-8-3-14-30(37)31-24-23-27(26-38(31)48)50-39-21-9-4-15-32(39)41-42-34-17-11-25-49-47(34)52-45(42)43-33-16-5-10-22-40(33)51-46(43)44(41)50/h1-26H. The highest BCUT2D eigenvalue weighted by Gasteiger charge is 2.51. The molecule has 52 heavy (non-hydrogen) atoms. The first-order chi connectivity index (χ1) is 25.8. The number of fused-ring (bicyclic) bond motifs is 22. The van der Waals surface area contributed by atoms with E-state index in [1.807, 2.05) is 28.9 Å². The van der Waals surface area contributed by atoms with E-state index in [1.165, 1.54) is 108 Å². The zero-order valence-corrected chi connectivity index (χ0v) is 29.4. The van der Waals surface area contributed by atoms with Crippen LogP contribution in [0.2, 0.25) is 0 Å². The second-order valence-electron chi connectivity index (χ2n) is 14.2. The number of pyridine rings is 1. The fourth-order valence-corrected chi connectivity index (χ4v) is 12.5. The van der Waals surface area contributed by atoms with Crippen LogP contribution in [0.5, 0.6) is 0 Å². The fourth-order valence-electron chi connectivity index (χ4n) is 9.99. The highest BCUT2D eigenvalue weighted by atomic mass is 32.1. The molecule has 0 N–H and O–H groups in total. The molecule has 0 aliphatic heterocycles. The molecule has 2 nitrogen and oxygen atoms in total. The number of benzene rings is 7. The minimum absolute atomic E-state index is 0.399. The van der Waals surface area contributed by atoms with Gasteiger partial charge in [0.1, 0.15) is 4.83 Å². The number of hydrogen-bond donors (Lipinski definition) is 0. The van der Waals surface area contributed by atoms with Gasteiger partial charge in [-0.15, -0.1) is 22.7 Å². The van der Waals surface area contributed by atoms with Crippen LogP contribution in [0.25, 0.3) is 90.2 Å². The van der Waals surface area contributed by atoms with Crippen molar-refractivity contribution in [3.8, 4) is 27.9 Å². The van der Waals surface area contributed by atoms with Crippen LogP contribution in [0, 0.1) is 0 Å². The fraction of sp³-hybridized carbons (Fsp3) is 0.0208. The van der Waals surface area contributed by atoms with E-state index in [0.29, 0.717) is 0 Å². The Bertz CT molecular complexity index is 3310. The van der Waals surface area contributed by atoms with Gasteiger partial charge in [0.25, 0.3) is 0 Å². The molecule has 13 rings (SSSR count). The predicted octanol–water partition coefficient (Wildman–Crippen LogP) is 13.3. The number of aromatic nitrogens is 2. The van der Waals surface area contributed by atoms with Crippen LogP contribution in [0.4, 0.5) is 0 Å². The van der Waals surface area contributed by atoms with Gasteiger partial charge in [0.05, 0.1) is 21.1 Å². The summed E-state index contributed by atoms with van der Waals surface area (Å²) in [5, 5.41) is 7.81. The topological polar surface area (TPSA) is 17.8 Å². The van der Waals surface area contributed by atoms with Gasteiger partial charge < -0.3 is 4.57 Å². The third-order valence-corrected chi connectivity index (χ3v) is 14.2. The van der Waals surface area contributed by atoms with Gasteiger partial charge in [-0.2, -0.15) is 0 Å². The summed E-state index contributed by atoms with van der Waals surface area (Å²) in [4.78, 5) is 5.99. The molecule has 0 unspecified atom stereocenters. The van der Waals surface area contributed by atoms with Crippen LogP contribution in [-0.2, 0) is 5.41 Å². The summed E-state index contributed by atoms with van der Waals surface area (Å²) in [6.45, 7) is 0. The summed E-state index contributed by atoms with van der Waals surface area (Å²) >= 11 is 3.76. The Hall–Kier alpha value is -6.07. The molecule has 2 aliphatic rings. The molecule has 0 saturated heterocycles. The van der Waals surface area contributed by atoms with Crippen molar-refractivity contribution in [2.45, 2.75) is 5.41 Å². The van der Waals surface area contributed by atoms with Crippen LogP contribution >= 0.6 is 22.7 Å². The molecule has 1 spiro atoms. The van der Waals surface area contributed by atoms with E-state index in [2.05, 4.69) is 156 Å². The van der Waals surface area contributed by atoms with Crippen molar-refractivity contribution in [3.63, 3.8) is 0 Å². The number of hydrogen-bond acceptors (Lipinski definition) is 3. The third kappa shape index (κ3) is 3.13. The lowest BCUT2D eigenvalue weighted by Crippen LogP contribution is -2.26. The molecule has 0 atom stereocenters. The van der Waals surface area contributed by atoms with Crippen LogP contribution in [0.15, 0.2) is 158 Å². The third-order valence-electron chi connectivity index (χ3n) is 11.9. The maximum atomic E-state index is 4.89. The number of para-hydroxylation sites is 1. The minimum Gasteiger partial charge on any atom is -0.308 e. The average molecular weight is 695 g/mol. The number of thiophene rings is 2. The molecule has 4 heteroatoms. The largest absolute Gasteiger partial charge is 0.308 e. The molecule has 0 radical (unpaired) electrons. The van der Waals surface area contributed by atoms with E-state index >= 15 is 0 Å². The monoisotopic (exact) mass is 694 g/mol. The maximum Gasteiger partial charge on any atom is 0.124 e. The van der Waals surface area contributed by atoms with Crippen molar-refractivity contribution >= 4 is 85.0 Å². The van der Waals surface area contributed by atoms with Gasteiger partial charge in [0, 0.05) is 53.6 Å². The second kappa shape index (κ2) is 9.62. The van der Waals surface area contributed by atoms with E-state index in [9.17, 15) is 0 Å². The molecule has 0 amide bonds. The zero-order valence-electron chi connectivity index (χ0n) is 27.7. The molecule has 4 aromatic heterocycles. The van der Waals surface area contributed by atoms with E-state index in [4.69, 9.17) is 4.98 Å². The highest BCUT2D eigenvalue weighted by molar-refractivity contribution is 7.30. The summed E-state index contributed by atoms with van der Waals surface area (Å²) in [6, 6.07) is 56.8. The van der Waals surface area contributed by atoms with Crippen LogP contribution in [0.3, 0.4) is 0 Å². The number of rotatable bonds is 1. The van der Waals surface area contributed by atoms with E-state index < -0.39 is 5.41 Å². The molecule has 0 saturated carbocycles. The average Bonchev–Trinajstić information content (AvgIpc) is 3.99. The highest BCUT2D eigenvalue weighted by Crippen LogP contribution is 2.63. The van der Waals surface area contributed by atoms with Crippen molar-refractivity contribution in [2.24, 2.45) is 0 Å². The Kier molecular flexibility index (Phi) is 5.11. The normalized spacial score (nSPS) is 13.9. The van der Waals surface area contributed by atoms with Gasteiger partial charge in [-0.3, -0.25) is 0 Å². The van der Waals surface area contributed by atoms with Crippen molar-refractivity contribution in [2.75, 3.05) is 0 Å². The molecular weight excluding hydrogens is 669 g/mol. The summed E-state index contributed by atoms with van der Waals surface area (Å²) in [6.07, 6.45) is 1.93. The first kappa shape index (κ1) is 27.6. The van der Waals surface area contributed by atoms with Crippen molar-refractivity contribution in [3.05, 3.63) is 180 Å². The SMILES string of the molecule is c1ccc2c(c1)-c1ccccc1C21c2ccccc2-c2ccc(-n3c4ccccc4c4c5c6cccnc6sc5c5c6ccccc6sc5c43)cc21. The Labute approximate surface area is 306 Å². The quantitative estimate of drug-likeness (QED) is 0.167. The van der Waals surface area contributed by atoms with Crippen LogP contribution in [0.1, 0.15) is 22.3 Å². The van der Waals surface area contributed by atoms with E-state index in [-0.39, 0.29) is 0 Å². The van der Waals surface area contributed by atoms with Crippen LogP contribution < -0.4 is 0 Å². The Morgan fingerprint density at radius 1 is 0.462 bits per heavy atom. The molecule has 2 aliphatic carbocycles. The molecular formula is C48H26N2S2. The van der Waals surface area contributed by atoms with Crippen molar-refractivity contribution in [1.82, 2.24) is 9.55 Å². The minimum atomic E-state index is -0.399. The maximum absolute atomic E-state index is 4.89. The van der Waals surface area contributed by atoms with Gasteiger partial charge >= 0.3 is 0 Å². The lowest BCUT2D eigenvalue weighted by molar-refractivity contribution is 0.792. The van der Waals surface area contributed by atoms with Gasteiger partial charge in [0.15, 0.2) is 0 Å². The Morgan fingerprint density at radius 2 is 1.08 bits per heavy atom. The lowest BCUT2D eigenvalue weighted by atomic mass is 9.70. The first-order valence-electron chi connectivity index (χ1n) is 17.8. The summed E-state index contributed by atoms with van der Waals surface area (Å²) in [5.74, 6) is 0. The first-order valence-corrected chi connectivity index (χ1v) is 19.4. The number of nitrogens with zero attached hydrogens (tertiary/aromatic N) is 2. The zero-order chi connectivity index (χ0) is 33.7. The molecule has 240 valence electrons. The molecule has 0 bridgehead atoms. The Balaban J connectivity index is 1.23. The molecule has 7 aromatic carbocycles. The summed E-state index contributed by atoms with van der Waals surface area (Å²) < 4.78 is 6.56.